The molecule has 0 atom stereocenters. The minimum absolute atomic E-state index is 0. The van der Waals surface area contributed by atoms with E-state index in [0.29, 0.717) is 44.1 Å². The van der Waals surface area contributed by atoms with E-state index in [9.17, 15) is 9.18 Å². The molecule has 0 saturated heterocycles. The minimum Gasteiger partial charge on any atom is -0.357 e. The molecule has 3 rings (SSSR count). The van der Waals surface area contributed by atoms with Crippen LogP contribution in [0.1, 0.15) is 36.5 Å². The summed E-state index contributed by atoms with van der Waals surface area (Å²) in [4.78, 5) is 18.8. The summed E-state index contributed by atoms with van der Waals surface area (Å²) in [6, 6.07) is 14.8. The van der Waals surface area contributed by atoms with Gasteiger partial charge in [-0.25, -0.2) is 9.38 Å². The van der Waals surface area contributed by atoms with Crippen LogP contribution in [0.25, 0.3) is 0 Å². The first kappa shape index (κ1) is 23.1. The van der Waals surface area contributed by atoms with Crippen LogP contribution in [-0.4, -0.2) is 29.9 Å². The Kier molecular flexibility index (Phi) is 9.37. The van der Waals surface area contributed by atoms with E-state index in [0.717, 1.165) is 6.42 Å². The molecule has 1 aliphatic rings. The number of carbonyl (C=O) groups is 1. The van der Waals surface area contributed by atoms with Gasteiger partial charge in [-0.2, -0.15) is 0 Å². The predicted molar refractivity (Wildman–Crippen MR) is 125 cm³/mol. The van der Waals surface area contributed by atoms with Gasteiger partial charge in [0.2, 0.25) is 5.91 Å². The van der Waals surface area contributed by atoms with Crippen LogP contribution in [0, 0.1) is 5.82 Å². The number of amides is 1. The number of aliphatic imine (C=N–C) groups is 1. The molecule has 0 fully saturated rings. The van der Waals surface area contributed by atoms with Gasteiger partial charge in [0.1, 0.15) is 5.82 Å². The zero-order valence-electron chi connectivity index (χ0n) is 16.7. The van der Waals surface area contributed by atoms with E-state index in [4.69, 9.17) is 0 Å². The SMILES string of the molecule is CCNC(=NCc1ccccc1F)NCCCC(=O)N1Cc2ccccc2C1.I. The number of carbonyl (C=O) groups excluding carboxylic acids is 1. The van der Waals surface area contributed by atoms with Gasteiger partial charge < -0.3 is 15.5 Å². The lowest BCUT2D eigenvalue weighted by molar-refractivity contribution is -0.131. The molecule has 7 heteroatoms. The standard InChI is InChI=1S/C22H27FN4O.HI/c1-2-24-22(26-14-17-8-5-6-11-20(17)23)25-13-7-12-21(28)27-15-18-9-3-4-10-19(18)16-27;/h3-6,8-11H,2,7,12-16H2,1H3,(H2,24,25,26);1H. The van der Waals surface area contributed by atoms with Gasteiger partial charge in [0.05, 0.1) is 6.54 Å². The van der Waals surface area contributed by atoms with Crippen LogP contribution in [0.4, 0.5) is 4.39 Å². The molecule has 1 heterocycles. The molecule has 0 aliphatic carbocycles. The molecule has 156 valence electrons. The fraction of sp³-hybridized carbons (Fsp3) is 0.364. The van der Waals surface area contributed by atoms with Crippen molar-refractivity contribution in [2.45, 2.75) is 39.4 Å². The van der Waals surface area contributed by atoms with Crippen molar-refractivity contribution >= 4 is 35.8 Å². The Morgan fingerprint density at radius 1 is 1.07 bits per heavy atom. The maximum atomic E-state index is 13.7. The Morgan fingerprint density at radius 2 is 1.72 bits per heavy atom. The van der Waals surface area contributed by atoms with Crippen LogP contribution in [0.3, 0.4) is 0 Å². The lowest BCUT2D eigenvalue weighted by Gasteiger charge is -2.16. The number of hydrogen-bond donors (Lipinski definition) is 2. The van der Waals surface area contributed by atoms with Crippen molar-refractivity contribution in [2.24, 2.45) is 4.99 Å². The Labute approximate surface area is 188 Å². The van der Waals surface area contributed by atoms with Gasteiger partial charge in [0.25, 0.3) is 0 Å². The molecule has 0 aromatic heterocycles. The summed E-state index contributed by atoms with van der Waals surface area (Å²) in [7, 11) is 0. The van der Waals surface area contributed by atoms with Gasteiger partial charge >= 0.3 is 0 Å². The Balaban J connectivity index is 0.00000300. The third-order valence-corrected chi connectivity index (χ3v) is 4.76. The van der Waals surface area contributed by atoms with Gasteiger partial charge in [0, 0.05) is 38.2 Å². The number of nitrogens with one attached hydrogen (secondary N) is 2. The predicted octanol–water partition coefficient (Wildman–Crippen LogP) is 3.82. The van der Waals surface area contributed by atoms with E-state index in [1.807, 2.05) is 24.0 Å². The highest BCUT2D eigenvalue weighted by Gasteiger charge is 2.22. The summed E-state index contributed by atoms with van der Waals surface area (Å²) in [5.74, 6) is 0.553. The highest BCUT2D eigenvalue weighted by molar-refractivity contribution is 14.0. The van der Waals surface area contributed by atoms with Gasteiger partial charge in [-0.15, -0.1) is 24.0 Å². The first-order valence-electron chi connectivity index (χ1n) is 9.77. The largest absolute Gasteiger partial charge is 0.357 e. The maximum Gasteiger partial charge on any atom is 0.223 e. The Morgan fingerprint density at radius 3 is 2.38 bits per heavy atom. The third kappa shape index (κ3) is 6.69. The molecule has 0 radical (unpaired) electrons. The normalized spacial score (nSPS) is 12.9. The zero-order chi connectivity index (χ0) is 19.8. The lowest BCUT2D eigenvalue weighted by Crippen LogP contribution is -2.38. The highest BCUT2D eigenvalue weighted by Crippen LogP contribution is 2.22. The van der Waals surface area contributed by atoms with Crippen molar-refractivity contribution in [2.75, 3.05) is 13.1 Å². The number of halogens is 2. The maximum absolute atomic E-state index is 13.7. The fourth-order valence-corrected chi connectivity index (χ4v) is 3.25. The molecule has 0 bridgehead atoms. The first-order chi connectivity index (χ1) is 13.7. The average Bonchev–Trinajstić information content (AvgIpc) is 3.14. The van der Waals surface area contributed by atoms with Gasteiger partial charge in [0.15, 0.2) is 5.96 Å². The number of hydrogen-bond acceptors (Lipinski definition) is 2. The second-order valence-electron chi connectivity index (χ2n) is 6.84. The van der Waals surface area contributed by atoms with Crippen molar-refractivity contribution in [3.8, 4) is 0 Å². The van der Waals surface area contributed by atoms with Gasteiger partial charge in [-0.05, 0) is 30.5 Å². The van der Waals surface area contributed by atoms with Crippen LogP contribution >= 0.6 is 24.0 Å². The summed E-state index contributed by atoms with van der Waals surface area (Å²) in [5, 5.41) is 6.37. The molecular formula is C22H28FIN4O. The fourth-order valence-electron chi connectivity index (χ4n) is 3.25. The summed E-state index contributed by atoms with van der Waals surface area (Å²) in [6.45, 7) is 5.01. The molecule has 2 aromatic rings. The summed E-state index contributed by atoms with van der Waals surface area (Å²) >= 11 is 0. The zero-order valence-corrected chi connectivity index (χ0v) is 19.0. The van der Waals surface area contributed by atoms with E-state index in [1.54, 1.807) is 18.2 Å². The molecule has 2 N–H and O–H groups in total. The summed E-state index contributed by atoms with van der Waals surface area (Å²) in [5.41, 5.74) is 3.04. The molecule has 0 unspecified atom stereocenters. The van der Waals surface area contributed by atoms with Crippen LogP contribution in [0.15, 0.2) is 53.5 Å². The van der Waals surface area contributed by atoms with E-state index >= 15 is 0 Å². The van der Waals surface area contributed by atoms with Crippen molar-refractivity contribution in [1.82, 2.24) is 15.5 Å². The minimum atomic E-state index is -0.251. The van der Waals surface area contributed by atoms with E-state index in [2.05, 4.69) is 27.8 Å². The Hall–Kier alpha value is -2.16. The van der Waals surface area contributed by atoms with E-state index in [-0.39, 0.29) is 42.2 Å². The molecule has 29 heavy (non-hydrogen) atoms. The number of guanidine groups is 1. The quantitative estimate of drug-likeness (QED) is 0.258. The average molecular weight is 510 g/mol. The third-order valence-electron chi connectivity index (χ3n) is 4.76. The van der Waals surface area contributed by atoms with E-state index in [1.165, 1.54) is 17.2 Å². The number of nitrogens with zero attached hydrogens (tertiary/aromatic N) is 2. The molecule has 1 amide bonds. The number of fused-ring (bicyclic) bond motifs is 1. The number of rotatable bonds is 7. The summed E-state index contributed by atoms with van der Waals surface area (Å²) in [6.07, 6.45) is 1.21. The first-order valence-corrected chi connectivity index (χ1v) is 9.77. The molecule has 2 aromatic carbocycles. The lowest BCUT2D eigenvalue weighted by atomic mass is 10.1. The van der Waals surface area contributed by atoms with Crippen molar-refractivity contribution in [3.63, 3.8) is 0 Å². The van der Waals surface area contributed by atoms with Gasteiger partial charge in [-0.3, -0.25) is 4.79 Å². The summed E-state index contributed by atoms with van der Waals surface area (Å²) < 4.78 is 13.7. The second-order valence-corrected chi connectivity index (χ2v) is 6.84. The monoisotopic (exact) mass is 510 g/mol. The topological polar surface area (TPSA) is 56.7 Å². The number of benzene rings is 2. The Bertz CT molecular complexity index is 818. The molecule has 0 saturated carbocycles. The molecule has 1 aliphatic heterocycles. The van der Waals surface area contributed by atoms with Crippen LogP contribution in [0.2, 0.25) is 0 Å². The smallest absolute Gasteiger partial charge is 0.223 e. The van der Waals surface area contributed by atoms with Crippen molar-refractivity contribution < 1.29 is 9.18 Å². The molecule has 5 nitrogen and oxygen atoms in total. The molecular weight excluding hydrogens is 482 g/mol. The second kappa shape index (κ2) is 11.7. The van der Waals surface area contributed by atoms with Crippen LogP contribution < -0.4 is 10.6 Å². The van der Waals surface area contributed by atoms with Crippen LogP contribution in [-0.2, 0) is 24.4 Å². The van der Waals surface area contributed by atoms with Crippen LogP contribution in [0.5, 0.6) is 0 Å². The van der Waals surface area contributed by atoms with Crippen molar-refractivity contribution in [1.29, 1.82) is 0 Å². The molecule has 0 spiro atoms. The van der Waals surface area contributed by atoms with Crippen molar-refractivity contribution in [3.05, 3.63) is 71.0 Å². The van der Waals surface area contributed by atoms with Gasteiger partial charge in [-0.1, -0.05) is 42.5 Å². The van der Waals surface area contributed by atoms with E-state index < -0.39 is 0 Å². The highest BCUT2D eigenvalue weighted by atomic mass is 127.